The number of benzene rings is 3. The van der Waals surface area contributed by atoms with Gasteiger partial charge < -0.3 is 10.1 Å². The summed E-state index contributed by atoms with van der Waals surface area (Å²) in [5.74, 6) is -0.543. The summed E-state index contributed by atoms with van der Waals surface area (Å²) in [6, 6.07) is 21.0. The van der Waals surface area contributed by atoms with Crippen LogP contribution in [0.25, 0.3) is 0 Å². The number of halogens is 3. The second kappa shape index (κ2) is 12.2. The smallest absolute Gasteiger partial charge is 0.372 e. The first-order valence-electron chi connectivity index (χ1n) is 13.9. The number of carbonyl (C=O) groups excluding carboxylic acids is 1. The number of ether oxygens (including phenoxy) is 1. The Balaban J connectivity index is 1.27. The highest BCUT2D eigenvalue weighted by Gasteiger charge is 2.47. The van der Waals surface area contributed by atoms with Crippen LogP contribution in [-0.2, 0) is 32.2 Å². The lowest BCUT2D eigenvalue weighted by molar-refractivity contribution is -0.140. The van der Waals surface area contributed by atoms with E-state index in [2.05, 4.69) is 5.32 Å². The van der Waals surface area contributed by atoms with Crippen LogP contribution in [0.15, 0.2) is 83.8 Å². The molecule has 2 heterocycles. The molecule has 42 heavy (non-hydrogen) atoms. The van der Waals surface area contributed by atoms with Crippen LogP contribution in [0, 0.1) is 6.92 Å². The standard InChI is InChI=1S/C31H34F3N3O4S/c1-23-11-13-26(14-12-23)42(39,40)37-22-30(41-21-25(37)19-24-7-3-2-4-8-24)15-17-36(18-16-30)20-29(38)35-28-10-6-5-9-27(28)31(32,33)34/h2-14,25H,15-22H2,1H3,(H,35,38)/t25-/m1/s1. The van der Waals surface area contributed by atoms with Gasteiger partial charge in [-0.2, -0.15) is 17.5 Å². The number of hydrogen-bond donors (Lipinski definition) is 1. The lowest BCUT2D eigenvalue weighted by atomic mass is 9.88. The first-order valence-corrected chi connectivity index (χ1v) is 15.3. The minimum atomic E-state index is -4.58. The van der Waals surface area contributed by atoms with Crippen molar-refractivity contribution in [3.8, 4) is 0 Å². The predicted molar refractivity (Wildman–Crippen MR) is 153 cm³/mol. The summed E-state index contributed by atoms with van der Waals surface area (Å²) < 4.78 is 75.8. The van der Waals surface area contributed by atoms with Crippen molar-refractivity contribution in [1.29, 1.82) is 0 Å². The highest BCUT2D eigenvalue weighted by atomic mass is 32.2. The van der Waals surface area contributed by atoms with Crippen LogP contribution in [0.3, 0.4) is 0 Å². The van der Waals surface area contributed by atoms with E-state index >= 15 is 0 Å². The third-order valence-corrected chi connectivity index (χ3v) is 9.93. The summed E-state index contributed by atoms with van der Waals surface area (Å²) in [4.78, 5) is 14.8. The van der Waals surface area contributed by atoms with Gasteiger partial charge in [0, 0.05) is 19.6 Å². The van der Waals surface area contributed by atoms with Crippen molar-refractivity contribution < 1.29 is 31.1 Å². The van der Waals surface area contributed by atoms with E-state index in [0.717, 1.165) is 17.2 Å². The van der Waals surface area contributed by atoms with Gasteiger partial charge in [0.15, 0.2) is 0 Å². The normalized spacial score (nSPS) is 20.0. The molecule has 7 nitrogen and oxygen atoms in total. The van der Waals surface area contributed by atoms with E-state index in [1.165, 1.54) is 18.2 Å². The number of hydrogen-bond acceptors (Lipinski definition) is 5. The van der Waals surface area contributed by atoms with E-state index in [1.54, 1.807) is 28.6 Å². The molecule has 5 rings (SSSR count). The van der Waals surface area contributed by atoms with Crippen molar-refractivity contribution in [2.24, 2.45) is 0 Å². The number of amides is 1. The van der Waals surface area contributed by atoms with Crippen molar-refractivity contribution in [3.63, 3.8) is 0 Å². The zero-order valence-corrected chi connectivity index (χ0v) is 24.1. The number of sulfonamides is 1. The average molecular weight is 602 g/mol. The fourth-order valence-corrected chi connectivity index (χ4v) is 7.33. The molecular formula is C31H34F3N3O4S. The lowest BCUT2D eigenvalue weighted by Crippen LogP contribution is -2.62. The van der Waals surface area contributed by atoms with Crippen LogP contribution in [0.5, 0.6) is 0 Å². The number of nitrogens with zero attached hydrogens (tertiary/aromatic N) is 2. The molecule has 3 aromatic carbocycles. The third kappa shape index (κ3) is 6.86. The molecule has 2 aliphatic heterocycles. The van der Waals surface area contributed by atoms with Crippen molar-refractivity contribution in [3.05, 3.63) is 95.6 Å². The molecule has 1 spiro atoms. The Hall–Kier alpha value is -3.25. The molecule has 224 valence electrons. The van der Waals surface area contributed by atoms with E-state index in [4.69, 9.17) is 4.74 Å². The van der Waals surface area contributed by atoms with E-state index in [9.17, 15) is 26.4 Å². The van der Waals surface area contributed by atoms with Gasteiger partial charge in [-0.3, -0.25) is 9.69 Å². The summed E-state index contributed by atoms with van der Waals surface area (Å²) in [6.45, 7) is 3.12. The molecule has 2 fully saturated rings. The first kappa shape index (κ1) is 30.2. The second-order valence-electron chi connectivity index (χ2n) is 11.1. The largest absolute Gasteiger partial charge is 0.418 e. The van der Waals surface area contributed by atoms with Crippen LogP contribution in [0.1, 0.15) is 29.5 Å². The molecule has 0 unspecified atom stereocenters. The Bertz CT molecular complexity index is 1490. The molecule has 11 heteroatoms. The van der Waals surface area contributed by atoms with Crippen LogP contribution >= 0.6 is 0 Å². The monoisotopic (exact) mass is 601 g/mol. The summed E-state index contributed by atoms with van der Waals surface area (Å²) in [7, 11) is -3.82. The lowest BCUT2D eigenvalue weighted by Gasteiger charge is -2.49. The molecular weight excluding hydrogens is 567 g/mol. The van der Waals surface area contributed by atoms with E-state index in [0.29, 0.717) is 32.4 Å². The molecule has 2 saturated heterocycles. The van der Waals surface area contributed by atoms with Gasteiger partial charge in [-0.15, -0.1) is 0 Å². The van der Waals surface area contributed by atoms with Gasteiger partial charge in [0.2, 0.25) is 15.9 Å². The molecule has 3 aromatic rings. The van der Waals surface area contributed by atoms with Gasteiger partial charge in [-0.1, -0.05) is 60.2 Å². The van der Waals surface area contributed by atoms with E-state index in [-0.39, 0.29) is 36.3 Å². The molecule has 2 aliphatic rings. The SMILES string of the molecule is Cc1ccc(S(=O)(=O)N2CC3(CCN(CC(=O)Nc4ccccc4C(F)(F)F)CC3)OC[C@H]2Cc2ccccc2)cc1. The van der Waals surface area contributed by atoms with Gasteiger partial charge in [0.05, 0.1) is 40.9 Å². The van der Waals surface area contributed by atoms with Crippen LogP contribution in [0.2, 0.25) is 0 Å². The Morgan fingerprint density at radius 2 is 1.62 bits per heavy atom. The molecule has 0 aromatic heterocycles. The number of nitrogens with one attached hydrogen (secondary N) is 1. The molecule has 0 radical (unpaired) electrons. The van der Waals surface area contributed by atoms with Gasteiger partial charge in [-0.25, -0.2) is 8.42 Å². The van der Waals surface area contributed by atoms with E-state index < -0.39 is 33.3 Å². The predicted octanol–water partition coefficient (Wildman–Crippen LogP) is 5.12. The highest BCUT2D eigenvalue weighted by Crippen LogP contribution is 2.37. The van der Waals surface area contributed by atoms with Crippen molar-refractivity contribution in [1.82, 2.24) is 9.21 Å². The van der Waals surface area contributed by atoms with Gasteiger partial charge >= 0.3 is 6.18 Å². The average Bonchev–Trinajstić information content (AvgIpc) is 2.96. The first-order chi connectivity index (χ1) is 20.0. The zero-order chi connectivity index (χ0) is 30.0. The topological polar surface area (TPSA) is 79.0 Å². The zero-order valence-electron chi connectivity index (χ0n) is 23.3. The second-order valence-corrected chi connectivity index (χ2v) is 13.0. The maximum absolute atomic E-state index is 13.9. The van der Waals surface area contributed by atoms with Gasteiger partial charge in [-0.05, 0) is 56.0 Å². The number of rotatable bonds is 7. The number of likely N-dealkylation sites (tertiary alicyclic amines) is 1. The van der Waals surface area contributed by atoms with Crippen LogP contribution in [0.4, 0.5) is 18.9 Å². The summed E-state index contributed by atoms with van der Waals surface area (Å²) in [5.41, 5.74) is 0.0819. The van der Waals surface area contributed by atoms with E-state index in [1.807, 2.05) is 42.2 Å². The Morgan fingerprint density at radius 1 is 0.976 bits per heavy atom. The minimum Gasteiger partial charge on any atom is -0.372 e. The van der Waals surface area contributed by atoms with Crippen molar-refractivity contribution in [2.75, 3.05) is 38.1 Å². The number of aryl methyl sites for hydroxylation is 1. The summed E-state index contributed by atoms with van der Waals surface area (Å²) >= 11 is 0. The van der Waals surface area contributed by atoms with Gasteiger partial charge in [0.1, 0.15) is 0 Å². The number of anilines is 1. The number of piperidine rings is 1. The quantitative estimate of drug-likeness (QED) is 0.407. The molecule has 1 amide bonds. The minimum absolute atomic E-state index is 0.0791. The van der Waals surface area contributed by atoms with Crippen molar-refractivity contribution in [2.45, 2.75) is 48.9 Å². The Kier molecular flexibility index (Phi) is 8.75. The summed E-state index contributed by atoms with van der Waals surface area (Å²) in [5, 5.41) is 2.39. The highest BCUT2D eigenvalue weighted by molar-refractivity contribution is 7.89. The van der Waals surface area contributed by atoms with Crippen LogP contribution < -0.4 is 5.32 Å². The number of carbonyl (C=O) groups is 1. The maximum Gasteiger partial charge on any atom is 0.418 e. The molecule has 0 bridgehead atoms. The number of para-hydroxylation sites is 1. The number of alkyl halides is 3. The molecule has 0 saturated carbocycles. The Labute approximate surface area is 244 Å². The molecule has 1 atom stereocenters. The van der Waals surface area contributed by atoms with Gasteiger partial charge in [0.25, 0.3) is 0 Å². The Morgan fingerprint density at radius 3 is 2.29 bits per heavy atom. The maximum atomic E-state index is 13.9. The molecule has 1 N–H and O–H groups in total. The molecule has 0 aliphatic carbocycles. The summed E-state index contributed by atoms with van der Waals surface area (Å²) in [6.07, 6.45) is -3.11. The fourth-order valence-electron chi connectivity index (χ4n) is 5.64. The fraction of sp³-hybridized carbons (Fsp3) is 0.387. The van der Waals surface area contributed by atoms with Crippen LogP contribution in [-0.4, -0.2) is 68.0 Å². The number of morpholine rings is 1. The third-order valence-electron chi connectivity index (χ3n) is 8.02. The van der Waals surface area contributed by atoms with Crippen molar-refractivity contribution >= 4 is 21.6 Å².